The van der Waals surface area contributed by atoms with Gasteiger partial charge in [0.1, 0.15) is 0 Å². The maximum absolute atomic E-state index is 2.42. The van der Waals surface area contributed by atoms with Crippen LogP contribution in [-0.4, -0.2) is 4.57 Å². The van der Waals surface area contributed by atoms with E-state index in [4.69, 9.17) is 0 Å². The standard InChI is InChI=1S/C41H35N/c1-30-14-20-33(21-15-30)28-38(35-10-6-4-7-11-35)40-26-27-41(42(40)37-24-18-32(3)19-25-37)39(36-12-8-5-9-13-36)29-34-22-16-31(2)17-23-34/h4-29H,1-3H3. The van der Waals surface area contributed by atoms with Gasteiger partial charge >= 0.3 is 0 Å². The summed E-state index contributed by atoms with van der Waals surface area (Å²) in [6.07, 6.45) is 4.62. The maximum atomic E-state index is 2.42. The van der Waals surface area contributed by atoms with Crippen molar-refractivity contribution in [3.63, 3.8) is 0 Å². The first-order chi connectivity index (χ1) is 20.5. The van der Waals surface area contributed by atoms with Gasteiger partial charge in [-0.3, -0.25) is 0 Å². The van der Waals surface area contributed by atoms with Crippen LogP contribution in [0.25, 0.3) is 29.0 Å². The van der Waals surface area contributed by atoms with Gasteiger partial charge in [-0.1, -0.05) is 138 Å². The Morgan fingerprint density at radius 1 is 0.405 bits per heavy atom. The second-order valence-electron chi connectivity index (χ2n) is 10.9. The van der Waals surface area contributed by atoms with E-state index >= 15 is 0 Å². The van der Waals surface area contributed by atoms with Crippen LogP contribution in [0.1, 0.15) is 50.3 Å². The Morgan fingerprint density at radius 3 is 1.14 bits per heavy atom. The van der Waals surface area contributed by atoms with E-state index in [0.717, 1.165) is 17.1 Å². The minimum absolute atomic E-state index is 1.13. The summed E-state index contributed by atoms with van der Waals surface area (Å²) in [4.78, 5) is 0. The predicted octanol–water partition coefficient (Wildman–Crippen LogP) is 10.6. The van der Waals surface area contributed by atoms with Crippen LogP contribution >= 0.6 is 0 Å². The molecule has 6 aromatic rings. The smallest absolute Gasteiger partial charge is 0.0541 e. The molecule has 1 heteroatoms. The molecule has 1 heterocycles. The van der Waals surface area contributed by atoms with E-state index in [1.54, 1.807) is 0 Å². The van der Waals surface area contributed by atoms with E-state index < -0.39 is 0 Å². The van der Waals surface area contributed by atoms with E-state index in [1.807, 2.05) is 0 Å². The lowest BCUT2D eigenvalue weighted by atomic mass is 9.98. The highest BCUT2D eigenvalue weighted by atomic mass is 15.0. The second-order valence-corrected chi connectivity index (χ2v) is 10.9. The number of rotatable bonds is 7. The van der Waals surface area contributed by atoms with Gasteiger partial charge in [0.05, 0.1) is 11.4 Å². The van der Waals surface area contributed by atoms with E-state index in [1.165, 1.54) is 50.1 Å². The van der Waals surface area contributed by atoms with Gasteiger partial charge in [0.2, 0.25) is 0 Å². The number of benzene rings is 5. The molecule has 1 aromatic heterocycles. The number of nitrogens with zero attached hydrogens (tertiary/aromatic N) is 1. The van der Waals surface area contributed by atoms with Gasteiger partial charge in [0.25, 0.3) is 0 Å². The van der Waals surface area contributed by atoms with Crippen molar-refractivity contribution < 1.29 is 0 Å². The number of aryl methyl sites for hydroxylation is 3. The lowest BCUT2D eigenvalue weighted by Crippen LogP contribution is -2.06. The van der Waals surface area contributed by atoms with Crippen molar-refractivity contribution in [1.82, 2.24) is 4.57 Å². The monoisotopic (exact) mass is 541 g/mol. The SMILES string of the molecule is Cc1ccc(C=C(c2ccccc2)c2ccc(C(=Cc3ccc(C)cc3)c3ccccc3)n2-c2ccc(C)cc2)cc1. The van der Waals surface area contributed by atoms with Crippen molar-refractivity contribution in [2.24, 2.45) is 0 Å². The molecule has 0 saturated heterocycles. The highest BCUT2D eigenvalue weighted by Crippen LogP contribution is 2.36. The van der Waals surface area contributed by atoms with Crippen LogP contribution in [0.3, 0.4) is 0 Å². The third-order valence-corrected chi connectivity index (χ3v) is 7.67. The largest absolute Gasteiger partial charge is 0.309 e. The van der Waals surface area contributed by atoms with Crippen molar-refractivity contribution in [3.05, 3.63) is 196 Å². The Labute approximate surface area is 249 Å². The average Bonchev–Trinajstić information content (AvgIpc) is 3.46. The highest BCUT2D eigenvalue weighted by molar-refractivity contribution is 5.95. The summed E-state index contributed by atoms with van der Waals surface area (Å²) in [5.41, 5.74) is 14.2. The minimum Gasteiger partial charge on any atom is -0.309 e. The minimum atomic E-state index is 1.13. The molecule has 0 radical (unpaired) electrons. The molecule has 5 aromatic carbocycles. The molecule has 0 N–H and O–H groups in total. The summed E-state index contributed by atoms with van der Waals surface area (Å²) in [7, 11) is 0. The quantitative estimate of drug-likeness (QED) is 0.177. The van der Waals surface area contributed by atoms with Gasteiger partial charge in [-0.25, -0.2) is 0 Å². The van der Waals surface area contributed by atoms with Crippen LogP contribution in [0.2, 0.25) is 0 Å². The van der Waals surface area contributed by atoms with Crippen molar-refractivity contribution in [2.75, 3.05) is 0 Å². The summed E-state index contributed by atoms with van der Waals surface area (Å²) in [5, 5.41) is 0. The normalized spacial score (nSPS) is 12.0. The summed E-state index contributed by atoms with van der Waals surface area (Å²) < 4.78 is 2.42. The molecule has 1 nitrogen and oxygen atoms in total. The first-order valence-corrected chi connectivity index (χ1v) is 14.5. The van der Waals surface area contributed by atoms with Gasteiger partial charge < -0.3 is 4.57 Å². The molecule has 0 aliphatic carbocycles. The van der Waals surface area contributed by atoms with Crippen molar-refractivity contribution in [1.29, 1.82) is 0 Å². The number of hydrogen-bond donors (Lipinski definition) is 0. The Balaban J connectivity index is 1.63. The lowest BCUT2D eigenvalue weighted by Gasteiger charge is -2.19. The zero-order valence-electron chi connectivity index (χ0n) is 24.5. The first kappa shape index (κ1) is 27.1. The zero-order valence-corrected chi connectivity index (χ0v) is 24.5. The summed E-state index contributed by atoms with van der Waals surface area (Å²) in [6.45, 7) is 6.40. The summed E-state index contributed by atoms with van der Waals surface area (Å²) >= 11 is 0. The molecule has 0 aliphatic heterocycles. The fourth-order valence-corrected chi connectivity index (χ4v) is 5.33. The molecule has 0 atom stereocenters. The van der Waals surface area contributed by atoms with Crippen LogP contribution in [-0.2, 0) is 0 Å². The van der Waals surface area contributed by atoms with Gasteiger partial charge in [-0.05, 0) is 79.4 Å². The van der Waals surface area contributed by atoms with Crippen LogP contribution < -0.4 is 0 Å². The van der Waals surface area contributed by atoms with E-state index in [-0.39, 0.29) is 0 Å². The van der Waals surface area contributed by atoms with Crippen molar-refractivity contribution in [2.45, 2.75) is 20.8 Å². The fourth-order valence-electron chi connectivity index (χ4n) is 5.33. The Morgan fingerprint density at radius 2 is 0.762 bits per heavy atom. The lowest BCUT2D eigenvalue weighted by molar-refractivity contribution is 1.03. The van der Waals surface area contributed by atoms with Gasteiger partial charge in [-0.2, -0.15) is 0 Å². The van der Waals surface area contributed by atoms with E-state index in [9.17, 15) is 0 Å². The molecule has 0 spiro atoms. The Kier molecular flexibility index (Phi) is 7.83. The fraction of sp³-hybridized carbons (Fsp3) is 0.0732. The van der Waals surface area contributed by atoms with Gasteiger partial charge in [0.15, 0.2) is 0 Å². The van der Waals surface area contributed by atoms with Crippen LogP contribution in [0.5, 0.6) is 0 Å². The highest BCUT2D eigenvalue weighted by Gasteiger charge is 2.19. The zero-order chi connectivity index (χ0) is 28.9. The Hall–Kier alpha value is -5.14. The van der Waals surface area contributed by atoms with Crippen LogP contribution in [0.15, 0.2) is 146 Å². The first-order valence-electron chi connectivity index (χ1n) is 14.5. The average molecular weight is 542 g/mol. The van der Waals surface area contributed by atoms with Gasteiger partial charge in [-0.15, -0.1) is 0 Å². The molecule has 0 unspecified atom stereocenters. The number of hydrogen-bond acceptors (Lipinski definition) is 0. The molecule has 42 heavy (non-hydrogen) atoms. The van der Waals surface area contributed by atoms with Gasteiger partial charge in [0, 0.05) is 16.8 Å². The molecule has 0 saturated carbocycles. The molecule has 0 bridgehead atoms. The van der Waals surface area contributed by atoms with E-state index in [0.29, 0.717) is 0 Å². The van der Waals surface area contributed by atoms with Crippen LogP contribution in [0, 0.1) is 20.8 Å². The van der Waals surface area contributed by atoms with Crippen molar-refractivity contribution in [3.8, 4) is 5.69 Å². The predicted molar refractivity (Wildman–Crippen MR) is 180 cm³/mol. The number of aromatic nitrogens is 1. The maximum Gasteiger partial charge on any atom is 0.0541 e. The topological polar surface area (TPSA) is 4.93 Å². The third kappa shape index (κ3) is 5.96. The second kappa shape index (κ2) is 12.2. The van der Waals surface area contributed by atoms with Crippen LogP contribution in [0.4, 0.5) is 0 Å². The molecular formula is C41H35N. The summed E-state index contributed by atoms with van der Waals surface area (Å²) in [5.74, 6) is 0. The molecule has 6 rings (SSSR count). The molecular weight excluding hydrogens is 506 g/mol. The molecule has 0 aliphatic rings. The summed E-state index contributed by atoms with van der Waals surface area (Å²) in [6, 6.07) is 52.3. The third-order valence-electron chi connectivity index (χ3n) is 7.67. The molecule has 0 amide bonds. The molecule has 0 fully saturated rings. The molecule has 204 valence electrons. The Bertz CT molecular complexity index is 1720. The van der Waals surface area contributed by atoms with E-state index in [2.05, 4.69) is 183 Å². The van der Waals surface area contributed by atoms with Crippen molar-refractivity contribution >= 4 is 23.3 Å².